The molecule has 0 aliphatic heterocycles. The van der Waals surface area contributed by atoms with E-state index in [1.807, 2.05) is 24.3 Å². The van der Waals surface area contributed by atoms with Crippen molar-refractivity contribution in [2.24, 2.45) is 0 Å². The second-order valence-electron chi connectivity index (χ2n) is 4.70. The fourth-order valence-electron chi connectivity index (χ4n) is 1.89. The first-order chi connectivity index (χ1) is 10.1. The lowest BCUT2D eigenvalue weighted by atomic mass is 10.2. The van der Waals surface area contributed by atoms with Crippen LogP contribution in [0, 0.1) is 0 Å². The highest BCUT2D eigenvalue weighted by atomic mass is 35.5. The van der Waals surface area contributed by atoms with Crippen molar-refractivity contribution < 1.29 is 0 Å². The van der Waals surface area contributed by atoms with Gasteiger partial charge in [-0.2, -0.15) is 5.10 Å². The molecule has 21 heavy (non-hydrogen) atoms. The minimum Gasteiger partial charge on any atom is -0.378 e. The molecule has 6 heteroatoms. The van der Waals surface area contributed by atoms with Crippen molar-refractivity contribution in [2.45, 2.75) is 32.9 Å². The molecule has 0 amide bonds. The molecular formula is C15H17Cl2N3O. The highest BCUT2D eigenvalue weighted by molar-refractivity contribution is 6.33. The Balaban J connectivity index is 2.13. The summed E-state index contributed by atoms with van der Waals surface area (Å²) in [6.45, 7) is 3.13. The molecule has 0 unspecified atom stereocenters. The number of aryl methyl sites for hydroxylation is 1. The Morgan fingerprint density at radius 1 is 1.29 bits per heavy atom. The van der Waals surface area contributed by atoms with Crippen molar-refractivity contribution in [1.82, 2.24) is 9.78 Å². The number of aromatic nitrogens is 2. The van der Waals surface area contributed by atoms with Crippen LogP contribution in [0.15, 0.2) is 35.3 Å². The number of unbranched alkanes of at least 4 members (excludes halogenated alkanes) is 1. The summed E-state index contributed by atoms with van der Waals surface area (Å²) in [5.41, 5.74) is 1.19. The summed E-state index contributed by atoms with van der Waals surface area (Å²) in [4.78, 5) is 12.1. The summed E-state index contributed by atoms with van der Waals surface area (Å²) in [5.74, 6) is 0. The minimum atomic E-state index is -0.269. The number of hydrogen-bond donors (Lipinski definition) is 1. The largest absolute Gasteiger partial charge is 0.378 e. The van der Waals surface area contributed by atoms with Crippen LogP contribution in [0.3, 0.4) is 0 Å². The van der Waals surface area contributed by atoms with E-state index in [0.29, 0.717) is 23.8 Å². The van der Waals surface area contributed by atoms with E-state index >= 15 is 0 Å². The summed E-state index contributed by atoms with van der Waals surface area (Å²) in [5, 5.41) is 8.07. The summed E-state index contributed by atoms with van der Waals surface area (Å²) >= 11 is 12.2. The molecule has 1 heterocycles. The van der Waals surface area contributed by atoms with Crippen LogP contribution in [0.5, 0.6) is 0 Å². The molecule has 0 aliphatic rings. The summed E-state index contributed by atoms with van der Waals surface area (Å²) in [6.07, 6.45) is 3.48. The first-order valence-electron chi connectivity index (χ1n) is 6.86. The molecular weight excluding hydrogens is 309 g/mol. The number of hydrogen-bond acceptors (Lipinski definition) is 3. The molecule has 0 bridgehead atoms. The fourth-order valence-corrected chi connectivity index (χ4v) is 2.30. The molecule has 0 saturated heterocycles. The number of nitrogens with one attached hydrogen (secondary N) is 1. The van der Waals surface area contributed by atoms with Gasteiger partial charge in [-0.15, -0.1) is 0 Å². The van der Waals surface area contributed by atoms with Gasteiger partial charge in [-0.1, -0.05) is 54.7 Å². The van der Waals surface area contributed by atoms with Crippen LogP contribution >= 0.6 is 23.2 Å². The Kier molecular flexibility index (Phi) is 5.65. The van der Waals surface area contributed by atoms with Crippen LogP contribution in [0.4, 0.5) is 5.69 Å². The average molecular weight is 326 g/mol. The van der Waals surface area contributed by atoms with Gasteiger partial charge < -0.3 is 5.32 Å². The van der Waals surface area contributed by atoms with Crippen molar-refractivity contribution in [3.8, 4) is 0 Å². The smallest absolute Gasteiger partial charge is 0.287 e. The standard InChI is InChI=1S/C15H17Cl2N3O/c1-2-3-8-20-15(21)14(17)13(10-19-20)18-9-11-6-4-5-7-12(11)16/h4-7,10,18H,2-3,8-9H2,1H3. The molecule has 4 nitrogen and oxygen atoms in total. The lowest BCUT2D eigenvalue weighted by molar-refractivity contribution is 0.543. The highest BCUT2D eigenvalue weighted by Gasteiger charge is 2.09. The SMILES string of the molecule is CCCCn1ncc(NCc2ccccc2Cl)c(Cl)c1=O. The minimum absolute atomic E-state index is 0.160. The van der Waals surface area contributed by atoms with Crippen LogP contribution in [-0.4, -0.2) is 9.78 Å². The lowest BCUT2D eigenvalue weighted by Gasteiger charge is -2.11. The van der Waals surface area contributed by atoms with E-state index in [4.69, 9.17) is 23.2 Å². The molecule has 0 atom stereocenters. The van der Waals surface area contributed by atoms with Crippen LogP contribution < -0.4 is 10.9 Å². The van der Waals surface area contributed by atoms with Crippen LogP contribution in [0.2, 0.25) is 10.0 Å². The summed E-state index contributed by atoms with van der Waals surface area (Å²) < 4.78 is 1.40. The number of rotatable bonds is 6. The Morgan fingerprint density at radius 3 is 2.76 bits per heavy atom. The van der Waals surface area contributed by atoms with E-state index in [-0.39, 0.29) is 10.6 Å². The number of anilines is 1. The molecule has 0 fully saturated rings. The monoisotopic (exact) mass is 325 g/mol. The van der Waals surface area contributed by atoms with E-state index in [1.54, 1.807) is 6.20 Å². The van der Waals surface area contributed by atoms with E-state index in [0.717, 1.165) is 18.4 Å². The van der Waals surface area contributed by atoms with Crippen molar-refractivity contribution >= 4 is 28.9 Å². The highest BCUT2D eigenvalue weighted by Crippen LogP contribution is 2.19. The lowest BCUT2D eigenvalue weighted by Crippen LogP contribution is -2.24. The van der Waals surface area contributed by atoms with E-state index in [2.05, 4.69) is 17.3 Å². The molecule has 2 aromatic rings. The van der Waals surface area contributed by atoms with Gasteiger partial charge in [-0.25, -0.2) is 4.68 Å². The van der Waals surface area contributed by atoms with Gasteiger partial charge in [0.25, 0.3) is 5.56 Å². The van der Waals surface area contributed by atoms with E-state index in [9.17, 15) is 4.79 Å². The second-order valence-corrected chi connectivity index (χ2v) is 5.48. The molecule has 0 saturated carbocycles. The topological polar surface area (TPSA) is 46.9 Å². The Bertz CT molecular complexity index is 670. The Hall–Kier alpha value is -1.52. The van der Waals surface area contributed by atoms with Gasteiger partial charge >= 0.3 is 0 Å². The van der Waals surface area contributed by atoms with Gasteiger partial charge in [0.1, 0.15) is 5.02 Å². The third kappa shape index (κ3) is 3.99. The third-order valence-electron chi connectivity index (χ3n) is 3.14. The fraction of sp³-hybridized carbons (Fsp3) is 0.333. The van der Waals surface area contributed by atoms with Crippen LogP contribution in [0.1, 0.15) is 25.3 Å². The van der Waals surface area contributed by atoms with Crippen molar-refractivity contribution in [1.29, 1.82) is 0 Å². The van der Waals surface area contributed by atoms with E-state index < -0.39 is 0 Å². The van der Waals surface area contributed by atoms with Crippen molar-refractivity contribution in [2.75, 3.05) is 5.32 Å². The molecule has 112 valence electrons. The molecule has 1 aromatic heterocycles. The third-order valence-corrected chi connectivity index (χ3v) is 3.87. The Labute approximate surface area is 133 Å². The predicted octanol–water partition coefficient (Wildman–Crippen LogP) is 3.96. The number of nitrogens with zero attached hydrogens (tertiary/aromatic N) is 2. The number of halogens is 2. The molecule has 2 rings (SSSR count). The predicted molar refractivity (Wildman–Crippen MR) is 87.2 cm³/mol. The van der Waals surface area contributed by atoms with Crippen LogP contribution in [0.25, 0.3) is 0 Å². The Morgan fingerprint density at radius 2 is 2.05 bits per heavy atom. The molecule has 0 spiro atoms. The first kappa shape index (κ1) is 15.9. The summed E-state index contributed by atoms with van der Waals surface area (Å²) in [7, 11) is 0. The van der Waals surface area contributed by atoms with E-state index in [1.165, 1.54) is 4.68 Å². The van der Waals surface area contributed by atoms with Gasteiger partial charge in [-0.3, -0.25) is 4.79 Å². The maximum Gasteiger partial charge on any atom is 0.287 e. The molecule has 1 aromatic carbocycles. The van der Waals surface area contributed by atoms with Gasteiger partial charge in [0.15, 0.2) is 0 Å². The van der Waals surface area contributed by atoms with Gasteiger partial charge in [0.05, 0.1) is 11.9 Å². The van der Waals surface area contributed by atoms with Crippen molar-refractivity contribution in [3.63, 3.8) is 0 Å². The van der Waals surface area contributed by atoms with Gasteiger partial charge in [0.2, 0.25) is 0 Å². The second kappa shape index (κ2) is 7.48. The first-order valence-corrected chi connectivity index (χ1v) is 7.62. The molecule has 0 aliphatic carbocycles. The molecule has 1 N–H and O–H groups in total. The maximum atomic E-state index is 12.1. The van der Waals surface area contributed by atoms with Gasteiger partial charge in [0, 0.05) is 18.1 Å². The quantitative estimate of drug-likeness (QED) is 0.874. The average Bonchev–Trinajstić information content (AvgIpc) is 2.49. The number of benzene rings is 1. The summed E-state index contributed by atoms with van der Waals surface area (Å²) in [6, 6.07) is 7.51. The van der Waals surface area contributed by atoms with Gasteiger partial charge in [-0.05, 0) is 18.1 Å². The zero-order chi connectivity index (χ0) is 15.2. The maximum absolute atomic E-state index is 12.1. The zero-order valence-electron chi connectivity index (χ0n) is 11.8. The van der Waals surface area contributed by atoms with Crippen molar-refractivity contribution in [3.05, 3.63) is 56.4 Å². The zero-order valence-corrected chi connectivity index (χ0v) is 13.3. The van der Waals surface area contributed by atoms with Crippen LogP contribution in [-0.2, 0) is 13.1 Å². The normalized spacial score (nSPS) is 10.6. The molecule has 0 radical (unpaired) electrons.